The van der Waals surface area contributed by atoms with Crippen LogP contribution >= 0.6 is 0 Å². The molecule has 41 heavy (non-hydrogen) atoms. The number of carbonyl (C=O) groups excluding carboxylic acids is 3. The second-order valence-corrected chi connectivity index (χ2v) is 12.4. The van der Waals surface area contributed by atoms with Crippen molar-refractivity contribution in [2.45, 2.75) is 82.7 Å². The Bertz CT molecular complexity index is 1290. The Morgan fingerprint density at radius 1 is 1.07 bits per heavy atom. The largest absolute Gasteiger partial charge is 0.494 e. The van der Waals surface area contributed by atoms with E-state index in [0.717, 1.165) is 0 Å². The molecular formula is C32H41N3O6. The van der Waals surface area contributed by atoms with E-state index in [1.54, 1.807) is 24.3 Å². The van der Waals surface area contributed by atoms with Crippen LogP contribution in [0.5, 0.6) is 5.75 Å². The third-order valence-corrected chi connectivity index (χ3v) is 8.77. The van der Waals surface area contributed by atoms with Crippen molar-refractivity contribution in [3.05, 3.63) is 60.2 Å². The standard InChI is InChI=1S/C32H41N3O6/c1-6-31-17-18-32(41-31)25(24(31)27(37)33-21-13-15-22(16-14-21)40-7-2)29(39)35(26(32)28(38)34-30(3,4)5)23(19-36)20-11-9-8-10-12-20/h8-16,23-26,36H,6-7,17-19H2,1-5H3,(H,33,37)(H,34,38)/t23-,24+,25+,26?,31-,32?/m1/s1. The summed E-state index contributed by atoms with van der Waals surface area (Å²) in [5, 5.41) is 16.7. The second kappa shape index (κ2) is 10.8. The lowest BCUT2D eigenvalue weighted by Crippen LogP contribution is -2.59. The van der Waals surface area contributed by atoms with E-state index < -0.39 is 40.7 Å². The van der Waals surface area contributed by atoms with Gasteiger partial charge in [0.25, 0.3) is 0 Å². The van der Waals surface area contributed by atoms with Crippen LogP contribution in [-0.4, -0.2) is 63.7 Å². The van der Waals surface area contributed by atoms with Crippen molar-refractivity contribution < 1.29 is 29.0 Å². The first-order valence-electron chi connectivity index (χ1n) is 14.5. The van der Waals surface area contributed by atoms with Crippen molar-refractivity contribution in [1.82, 2.24) is 10.2 Å². The van der Waals surface area contributed by atoms with E-state index in [1.165, 1.54) is 4.90 Å². The molecule has 3 aliphatic heterocycles. The molecule has 0 aromatic heterocycles. The van der Waals surface area contributed by atoms with Gasteiger partial charge in [-0.15, -0.1) is 0 Å². The number of fused-ring (bicyclic) bond motifs is 1. The molecule has 0 saturated carbocycles. The Kier molecular flexibility index (Phi) is 7.63. The van der Waals surface area contributed by atoms with E-state index >= 15 is 0 Å². The SMILES string of the molecule is CCOc1ccc(NC(=O)[C@@H]2[C@H]3C(=O)N([C@H](CO)c4ccccc4)C(C(=O)NC(C)(C)C)C34CC[C@@]2(CC)O4)cc1. The molecule has 5 rings (SSSR count). The molecule has 3 saturated heterocycles. The number of aliphatic hydroxyl groups excluding tert-OH is 1. The Morgan fingerprint density at radius 3 is 2.34 bits per heavy atom. The van der Waals surface area contributed by atoms with E-state index in [2.05, 4.69) is 10.6 Å². The van der Waals surface area contributed by atoms with Crippen LogP contribution in [0.4, 0.5) is 5.69 Å². The zero-order chi connectivity index (χ0) is 29.6. The van der Waals surface area contributed by atoms with Crippen LogP contribution in [0, 0.1) is 11.8 Å². The molecule has 3 heterocycles. The van der Waals surface area contributed by atoms with Gasteiger partial charge in [-0.05, 0) is 76.8 Å². The van der Waals surface area contributed by atoms with Gasteiger partial charge < -0.3 is 30.1 Å². The van der Waals surface area contributed by atoms with Crippen LogP contribution in [0.3, 0.4) is 0 Å². The molecular weight excluding hydrogens is 522 g/mol. The zero-order valence-electron chi connectivity index (χ0n) is 24.5. The summed E-state index contributed by atoms with van der Waals surface area (Å²) in [7, 11) is 0. The molecule has 3 fully saturated rings. The Morgan fingerprint density at radius 2 is 1.76 bits per heavy atom. The van der Waals surface area contributed by atoms with E-state index in [0.29, 0.717) is 42.9 Å². The van der Waals surface area contributed by atoms with Crippen LogP contribution in [0.25, 0.3) is 0 Å². The van der Waals surface area contributed by atoms with Crippen molar-refractivity contribution in [2.24, 2.45) is 11.8 Å². The smallest absolute Gasteiger partial charge is 0.246 e. The average Bonchev–Trinajstić information content (AvgIpc) is 3.54. The molecule has 2 bridgehead atoms. The highest BCUT2D eigenvalue weighted by molar-refractivity contribution is 6.02. The normalized spacial score (nSPS) is 29.3. The van der Waals surface area contributed by atoms with Gasteiger partial charge in [-0.3, -0.25) is 14.4 Å². The molecule has 2 unspecified atom stereocenters. The fourth-order valence-corrected chi connectivity index (χ4v) is 7.18. The summed E-state index contributed by atoms with van der Waals surface area (Å²) < 4.78 is 12.4. The highest BCUT2D eigenvalue weighted by Gasteiger charge is 2.79. The molecule has 3 N–H and O–H groups in total. The fourth-order valence-electron chi connectivity index (χ4n) is 7.18. The van der Waals surface area contributed by atoms with Gasteiger partial charge in [-0.1, -0.05) is 37.3 Å². The molecule has 1 spiro atoms. The second-order valence-electron chi connectivity index (χ2n) is 12.4. The Balaban J connectivity index is 1.56. The monoisotopic (exact) mass is 563 g/mol. The van der Waals surface area contributed by atoms with E-state index in [9.17, 15) is 19.5 Å². The number of ether oxygens (including phenoxy) is 2. The van der Waals surface area contributed by atoms with Crippen LogP contribution in [0.2, 0.25) is 0 Å². The minimum Gasteiger partial charge on any atom is -0.494 e. The number of hydrogen-bond acceptors (Lipinski definition) is 6. The maximum atomic E-state index is 14.5. The van der Waals surface area contributed by atoms with Crippen LogP contribution in [0.1, 0.15) is 65.5 Å². The summed E-state index contributed by atoms with van der Waals surface area (Å²) in [5.41, 5.74) is -1.33. The highest BCUT2D eigenvalue weighted by atomic mass is 16.5. The average molecular weight is 564 g/mol. The summed E-state index contributed by atoms with van der Waals surface area (Å²) in [5.74, 6) is -1.97. The lowest BCUT2D eigenvalue weighted by Gasteiger charge is -2.38. The Hall–Kier alpha value is -3.43. The number of hydrogen-bond donors (Lipinski definition) is 3. The van der Waals surface area contributed by atoms with E-state index in [-0.39, 0.29) is 24.3 Å². The number of carbonyl (C=O) groups is 3. The van der Waals surface area contributed by atoms with Crippen molar-refractivity contribution in [3.63, 3.8) is 0 Å². The minimum absolute atomic E-state index is 0.312. The van der Waals surface area contributed by atoms with Gasteiger partial charge >= 0.3 is 0 Å². The molecule has 3 aliphatic rings. The maximum absolute atomic E-state index is 14.5. The minimum atomic E-state index is -1.19. The first-order chi connectivity index (χ1) is 19.5. The quantitative estimate of drug-likeness (QED) is 0.427. The first kappa shape index (κ1) is 29.1. The third-order valence-electron chi connectivity index (χ3n) is 8.77. The van der Waals surface area contributed by atoms with Gasteiger partial charge in [0.1, 0.15) is 17.4 Å². The summed E-state index contributed by atoms with van der Waals surface area (Å²) in [6.07, 6.45) is 1.54. The highest BCUT2D eigenvalue weighted by Crippen LogP contribution is 2.65. The predicted octanol–water partition coefficient (Wildman–Crippen LogP) is 3.83. The summed E-state index contributed by atoms with van der Waals surface area (Å²) in [6, 6.07) is 14.5. The number of anilines is 1. The molecule has 0 aliphatic carbocycles. The first-order valence-corrected chi connectivity index (χ1v) is 14.5. The predicted molar refractivity (Wildman–Crippen MR) is 154 cm³/mol. The lowest BCUT2D eigenvalue weighted by atomic mass is 9.65. The number of likely N-dealkylation sites (tertiary alicyclic amines) is 1. The number of rotatable bonds is 9. The summed E-state index contributed by atoms with van der Waals surface area (Å²) in [4.78, 5) is 44.1. The van der Waals surface area contributed by atoms with E-state index in [4.69, 9.17) is 9.47 Å². The van der Waals surface area contributed by atoms with Gasteiger partial charge in [0.2, 0.25) is 17.7 Å². The van der Waals surface area contributed by atoms with Crippen LogP contribution < -0.4 is 15.4 Å². The summed E-state index contributed by atoms with van der Waals surface area (Å²) in [6.45, 7) is 9.68. The van der Waals surface area contributed by atoms with Crippen molar-refractivity contribution in [3.8, 4) is 5.75 Å². The lowest BCUT2D eigenvalue weighted by molar-refractivity contribution is -0.151. The number of nitrogens with one attached hydrogen (secondary N) is 2. The van der Waals surface area contributed by atoms with Gasteiger partial charge in [0.05, 0.1) is 36.7 Å². The van der Waals surface area contributed by atoms with Gasteiger partial charge in [-0.2, -0.15) is 0 Å². The van der Waals surface area contributed by atoms with Crippen molar-refractivity contribution in [1.29, 1.82) is 0 Å². The van der Waals surface area contributed by atoms with Gasteiger partial charge in [0.15, 0.2) is 0 Å². The van der Waals surface area contributed by atoms with Gasteiger partial charge in [0, 0.05) is 11.2 Å². The van der Waals surface area contributed by atoms with Crippen LogP contribution in [-0.2, 0) is 19.1 Å². The van der Waals surface area contributed by atoms with Crippen LogP contribution in [0.15, 0.2) is 54.6 Å². The number of nitrogens with zero attached hydrogens (tertiary/aromatic N) is 1. The molecule has 2 aromatic carbocycles. The molecule has 3 amide bonds. The summed E-state index contributed by atoms with van der Waals surface area (Å²) >= 11 is 0. The Labute approximate surface area is 241 Å². The fraction of sp³-hybridized carbons (Fsp3) is 0.531. The number of aliphatic hydroxyl groups is 1. The van der Waals surface area contributed by atoms with Crippen molar-refractivity contribution in [2.75, 3.05) is 18.5 Å². The zero-order valence-corrected chi connectivity index (χ0v) is 24.5. The maximum Gasteiger partial charge on any atom is 0.246 e. The van der Waals surface area contributed by atoms with E-state index in [1.807, 2.05) is 65.0 Å². The molecule has 9 heteroatoms. The van der Waals surface area contributed by atoms with Crippen molar-refractivity contribution >= 4 is 23.4 Å². The molecule has 0 radical (unpaired) electrons. The number of amides is 3. The molecule has 2 aromatic rings. The molecule has 6 atom stereocenters. The number of benzene rings is 2. The molecule has 220 valence electrons. The molecule has 9 nitrogen and oxygen atoms in total. The van der Waals surface area contributed by atoms with Gasteiger partial charge in [-0.25, -0.2) is 0 Å². The topological polar surface area (TPSA) is 117 Å². The third kappa shape index (κ3) is 4.89.